The van der Waals surface area contributed by atoms with E-state index in [-0.39, 0.29) is 17.2 Å². The van der Waals surface area contributed by atoms with Gasteiger partial charge >= 0.3 is 0 Å². The molecular formula is C30H27N3O6. The number of ether oxygens (including phenoxy) is 1. The summed E-state index contributed by atoms with van der Waals surface area (Å²) in [4.78, 5) is 42.4. The molecular weight excluding hydrogens is 498 g/mol. The number of carbonyl (C=O) groups excluding carboxylic acids is 3. The van der Waals surface area contributed by atoms with E-state index in [0.717, 1.165) is 5.69 Å². The van der Waals surface area contributed by atoms with Crippen LogP contribution in [0, 0.1) is 0 Å². The summed E-state index contributed by atoms with van der Waals surface area (Å²) < 4.78 is 11.2. The molecule has 1 aliphatic rings. The van der Waals surface area contributed by atoms with Crippen LogP contribution in [0.3, 0.4) is 0 Å². The Morgan fingerprint density at radius 3 is 2.41 bits per heavy atom. The molecule has 2 N–H and O–H groups in total. The molecule has 0 fully saturated rings. The highest BCUT2D eigenvalue weighted by Gasteiger charge is 2.45. The van der Waals surface area contributed by atoms with Crippen molar-refractivity contribution in [1.82, 2.24) is 0 Å². The van der Waals surface area contributed by atoms with Gasteiger partial charge in [0.25, 0.3) is 5.91 Å². The Morgan fingerprint density at radius 2 is 1.74 bits per heavy atom. The monoisotopic (exact) mass is 525 g/mol. The minimum atomic E-state index is -0.955. The molecule has 1 aromatic heterocycles. The predicted molar refractivity (Wildman–Crippen MR) is 148 cm³/mol. The van der Waals surface area contributed by atoms with E-state index in [9.17, 15) is 19.5 Å². The van der Waals surface area contributed by atoms with E-state index in [4.69, 9.17) is 9.15 Å². The summed E-state index contributed by atoms with van der Waals surface area (Å²) in [5.74, 6) is -1.88. The lowest BCUT2D eigenvalue weighted by atomic mass is 9.94. The molecule has 2 amide bonds. The maximum absolute atomic E-state index is 13.9. The Labute approximate surface area is 224 Å². The fourth-order valence-corrected chi connectivity index (χ4v) is 4.75. The van der Waals surface area contributed by atoms with E-state index in [1.807, 2.05) is 43.3 Å². The molecule has 5 rings (SSSR count). The van der Waals surface area contributed by atoms with Crippen molar-refractivity contribution >= 4 is 45.6 Å². The number of aliphatic hydroxyl groups excluding tert-OH is 1. The summed E-state index contributed by atoms with van der Waals surface area (Å²) in [6.07, 6.45) is 0. The molecule has 0 aliphatic carbocycles. The van der Waals surface area contributed by atoms with Gasteiger partial charge in [-0.2, -0.15) is 0 Å². The lowest BCUT2D eigenvalue weighted by Crippen LogP contribution is -2.31. The van der Waals surface area contributed by atoms with Crippen LogP contribution >= 0.6 is 0 Å². The smallest absolute Gasteiger partial charge is 0.294 e. The van der Waals surface area contributed by atoms with Gasteiger partial charge in [-0.05, 0) is 48.0 Å². The van der Waals surface area contributed by atoms with Crippen LogP contribution in [0.2, 0.25) is 0 Å². The number of hydrogen-bond donors (Lipinski definition) is 2. The number of amides is 2. The molecule has 0 spiro atoms. The Balaban J connectivity index is 1.64. The van der Waals surface area contributed by atoms with E-state index in [1.165, 1.54) is 18.9 Å². The van der Waals surface area contributed by atoms with E-state index in [2.05, 4.69) is 5.32 Å². The maximum atomic E-state index is 13.9. The first-order chi connectivity index (χ1) is 18.7. The molecule has 0 saturated heterocycles. The number of nitrogens with one attached hydrogen (secondary N) is 1. The number of hydrogen-bond acceptors (Lipinski definition) is 7. The Bertz CT molecular complexity index is 1630. The van der Waals surface area contributed by atoms with Gasteiger partial charge in [-0.3, -0.25) is 19.3 Å². The van der Waals surface area contributed by atoms with Crippen LogP contribution in [-0.4, -0.2) is 43.9 Å². The molecule has 9 heteroatoms. The topological polar surface area (TPSA) is 112 Å². The summed E-state index contributed by atoms with van der Waals surface area (Å²) in [5.41, 5.74) is 2.68. The van der Waals surface area contributed by atoms with Crippen LogP contribution in [-0.2, 0) is 9.59 Å². The number of furan rings is 1. The van der Waals surface area contributed by atoms with E-state index in [1.54, 1.807) is 48.5 Å². The number of ketones is 1. The lowest BCUT2D eigenvalue weighted by molar-refractivity contribution is -0.117. The maximum Gasteiger partial charge on any atom is 0.294 e. The zero-order chi connectivity index (χ0) is 27.8. The zero-order valence-electron chi connectivity index (χ0n) is 21.9. The minimum Gasteiger partial charge on any atom is -0.503 e. The lowest BCUT2D eigenvalue weighted by Gasteiger charge is -2.27. The summed E-state index contributed by atoms with van der Waals surface area (Å²) in [6, 6.07) is 19.9. The van der Waals surface area contributed by atoms with Crippen molar-refractivity contribution in [3.63, 3.8) is 0 Å². The van der Waals surface area contributed by atoms with Crippen molar-refractivity contribution in [2.75, 3.05) is 36.3 Å². The number of nitrogens with zero attached hydrogens (tertiary/aromatic N) is 2. The molecule has 1 atom stereocenters. The number of Topliss-reactive ketones (excluding diaryl/α,β-unsaturated/α-hetero) is 1. The molecule has 3 aromatic carbocycles. The first kappa shape index (κ1) is 25.6. The van der Waals surface area contributed by atoms with Crippen molar-refractivity contribution in [3.05, 3.63) is 95.5 Å². The molecule has 4 aromatic rings. The van der Waals surface area contributed by atoms with Gasteiger partial charge in [0.05, 0.1) is 18.7 Å². The van der Waals surface area contributed by atoms with Gasteiger partial charge in [-0.15, -0.1) is 0 Å². The van der Waals surface area contributed by atoms with Gasteiger partial charge in [-0.1, -0.05) is 30.3 Å². The summed E-state index contributed by atoms with van der Waals surface area (Å²) >= 11 is 0. The van der Waals surface area contributed by atoms with E-state index < -0.39 is 23.5 Å². The van der Waals surface area contributed by atoms with Gasteiger partial charge < -0.3 is 24.5 Å². The average molecular weight is 526 g/mol. The van der Waals surface area contributed by atoms with E-state index >= 15 is 0 Å². The molecule has 2 heterocycles. The normalized spacial score (nSPS) is 15.1. The van der Waals surface area contributed by atoms with Gasteiger partial charge in [0.2, 0.25) is 11.7 Å². The highest BCUT2D eigenvalue weighted by molar-refractivity contribution is 6.21. The second kappa shape index (κ2) is 10.0. The highest BCUT2D eigenvalue weighted by atomic mass is 16.5. The summed E-state index contributed by atoms with van der Waals surface area (Å²) in [5, 5.41) is 14.5. The molecule has 198 valence electrons. The van der Waals surface area contributed by atoms with Gasteiger partial charge in [-0.25, -0.2) is 0 Å². The largest absolute Gasteiger partial charge is 0.503 e. The Hall–Kier alpha value is -5.05. The SMILES string of the molecule is COc1cccc2cc(C(=O)C3=C(O)C(=O)N(c4cccc(NC(C)=O)c4)C3c3ccc(N(C)C)cc3)oc12. The number of aliphatic hydroxyl groups is 1. The fraction of sp³-hybridized carbons (Fsp3) is 0.167. The Kier molecular flexibility index (Phi) is 6.57. The number of methoxy groups -OCH3 is 1. The quantitative estimate of drug-likeness (QED) is 0.317. The van der Waals surface area contributed by atoms with Crippen molar-refractivity contribution in [3.8, 4) is 5.75 Å². The first-order valence-corrected chi connectivity index (χ1v) is 12.2. The number of para-hydroxylation sites is 1. The average Bonchev–Trinajstić information content (AvgIpc) is 3.47. The van der Waals surface area contributed by atoms with Crippen LogP contribution in [0.25, 0.3) is 11.0 Å². The van der Waals surface area contributed by atoms with Crippen molar-refractivity contribution in [2.45, 2.75) is 13.0 Å². The number of benzene rings is 3. The van der Waals surface area contributed by atoms with Crippen LogP contribution in [0.15, 0.2) is 88.5 Å². The van der Waals surface area contributed by atoms with Crippen LogP contribution < -0.4 is 19.9 Å². The third-order valence-electron chi connectivity index (χ3n) is 6.57. The molecule has 1 aliphatic heterocycles. The fourth-order valence-electron chi connectivity index (χ4n) is 4.75. The second-order valence-corrected chi connectivity index (χ2v) is 9.38. The molecule has 0 radical (unpaired) electrons. The number of anilines is 3. The highest BCUT2D eigenvalue weighted by Crippen LogP contribution is 2.43. The van der Waals surface area contributed by atoms with Crippen molar-refractivity contribution in [2.24, 2.45) is 0 Å². The third kappa shape index (κ3) is 4.59. The summed E-state index contributed by atoms with van der Waals surface area (Å²) in [7, 11) is 5.32. The second-order valence-electron chi connectivity index (χ2n) is 9.38. The molecule has 9 nitrogen and oxygen atoms in total. The molecule has 1 unspecified atom stereocenters. The van der Waals surface area contributed by atoms with Crippen LogP contribution in [0.4, 0.5) is 17.1 Å². The zero-order valence-corrected chi connectivity index (χ0v) is 21.9. The standard InChI is InChI=1S/C30H27N3O6/c1-17(34)31-20-8-6-9-22(16-20)33-26(18-11-13-21(14-12-18)32(2)3)25(28(36)30(33)37)27(35)24-15-19-7-5-10-23(38-4)29(19)39-24/h5-16,26,36H,1-4H3,(H,31,34). The Morgan fingerprint density at radius 1 is 1.03 bits per heavy atom. The predicted octanol–water partition coefficient (Wildman–Crippen LogP) is 5.25. The van der Waals surface area contributed by atoms with Gasteiger partial charge in [0.15, 0.2) is 22.9 Å². The third-order valence-corrected chi connectivity index (χ3v) is 6.57. The van der Waals surface area contributed by atoms with E-state index in [0.29, 0.717) is 33.7 Å². The van der Waals surface area contributed by atoms with Gasteiger partial charge in [0, 0.05) is 43.5 Å². The van der Waals surface area contributed by atoms with Crippen molar-refractivity contribution < 1.29 is 28.6 Å². The molecule has 0 bridgehead atoms. The number of carbonyl (C=O) groups is 3. The first-order valence-electron chi connectivity index (χ1n) is 12.2. The summed E-state index contributed by atoms with van der Waals surface area (Å²) in [6.45, 7) is 1.38. The molecule has 39 heavy (non-hydrogen) atoms. The van der Waals surface area contributed by atoms with Crippen LogP contribution in [0.1, 0.15) is 29.1 Å². The van der Waals surface area contributed by atoms with Crippen molar-refractivity contribution in [1.29, 1.82) is 0 Å². The number of rotatable bonds is 7. The minimum absolute atomic E-state index is 0.0346. The van der Waals surface area contributed by atoms with Gasteiger partial charge in [0.1, 0.15) is 0 Å². The molecule has 0 saturated carbocycles. The van der Waals surface area contributed by atoms with Crippen LogP contribution in [0.5, 0.6) is 5.75 Å². The number of fused-ring (bicyclic) bond motifs is 1.